The number of ether oxygens (including phenoxy) is 1. The van der Waals surface area contributed by atoms with E-state index < -0.39 is 18.0 Å². The molecule has 0 spiro atoms. The van der Waals surface area contributed by atoms with Gasteiger partial charge in [-0.05, 0) is 34.6 Å². The molecule has 0 radical (unpaired) electrons. The van der Waals surface area contributed by atoms with Gasteiger partial charge >= 0.3 is 12.1 Å². The fraction of sp³-hybridized carbons (Fsp3) is 0.400. The smallest absolute Gasteiger partial charge is 0.407 e. The summed E-state index contributed by atoms with van der Waals surface area (Å²) < 4.78 is 5.51. The molecule has 6 rings (SSSR count). The number of thioether (sulfide) groups is 1. The zero-order chi connectivity index (χ0) is 22.9. The Kier molecular flexibility index (Phi) is 6.01. The summed E-state index contributed by atoms with van der Waals surface area (Å²) in [4.78, 5) is 37.6. The molecule has 4 aliphatic rings. The Morgan fingerprint density at radius 1 is 1.06 bits per heavy atom. The lowest BCUT2D eigenvalue weighted by Gasteiger charge is -2.33. The van der Waals surface area contributed by atoms with Crippen LogP contribution in [0.25, 0.3) is 11.1 Å². The number of amides is 2. The van der Waals surface area contributed by atoms with Crippen LogP contribution in [0.4, 0.5) is 4.79 Å². The summed E-state index contributed by atoms with van der Waals surface area (Å²) in [6.07, 6.45) is 0.338. The van der Waals surface area contributed by atoms with E-state index >= 15 is 0 Å². The van der Waals surface area contributed by atoms with E-state index in [4.69, 9.17) is 4.74 Å². The molecular weight excluding hydrogens is 440 g/mol. The number of benzene rings is 2. The average molecular weight is 467 g/mol. The molecule has 7 nitrogen and oxygen atoms in total. The highest BCUT2D eigenvalue weighted by atomic mass is 32.2. The predicted octanol–water partition coefficient (Wildman–Crippen LogP) is 3.19. The highest BCUT2D eigenvalue weighted by molar-refractivity contribution is 7.99. The van der Waals surface area contributed by atoms with E-state index in [1.54, 1.807) is 4.90 Å². The highest BCUT2D eigenvalue weighted by Crippen LogP contribution is 2.46. The number of hydrogen-bond acceptors (Lipinski definition) is 5. The van der Waals surface area contributed by atoms with E-state index in [0.717, 1.165) is 6.42 Å². The highest BCUT2D eigenvalue weighted by Gasteiger charge is 2.56. The topological polar surface area (TPSA) is 95.9 Å². The van der Waals surface area contributed by atoms with Gasteiger partial charge in [-0.25, -0.2) is 4.79 Å². The minimum atomic E-state index is -0.800. The molecule has 0 aromatic heterocycles. The van der Waals surface area contributed by atoms with Gasteiger partial charge in [0.1, 0.15) is 6.61 Å². The van der Waals surface area contributed by atoms with E-state index in [0.29, 0.717) is 24.6 Å². The number of carbonyl (C=O) groups excluding carboxylic acids is 2. The molecule has 2 aromatic rings. The molecule has 2 N–H and O–H groups in total. The molecule has 3 fully saturated rings. The quantitative estimate of drug-likeness (QED) is 0.580. The van der Waals surface area contributed by atoms with Crippen LogP contribution in [-0.4, -0.2) is 65.2 Å². The maximum absolute atomic E-state index is 12.4. The van der Waals surface area contributed by atoms with Crippen molar-refractivity contribution >= 4 is 29.7 Å². The summed E-state index contributed by atoms with van der Waals surface area (Å²) in [6.45, 7) is 1.23. The van der Waals surface area contributed by atoms with Crippen LogP contribution in [0.5, 0.6) is 0 Å². The molecule has 2 bridgehead atoms. The second-order valence-corrected chi connectivity index (χ2v) is 9.88. The Hall–Kier alpha value is -3.00. The standard InChI is InChI=1S/C25H26N2O5S/c28-22(27-12-15-11-21(27)23(15)24(29)30)14-33-10-9-26-25(31)32-13-20-18-7-3-1-5-16(18)17-6-2-4-8-19(17)20/h1-8,15,20-21,23H,9-14H2,(H,26,31)(H,29,30). The van der Waals surface area contributed by atoms with Gasteiger partial charge < -0.3 is 20.1 Å². The van der Waals surface area contributed by atoms with Gasteiger partial charge in [0.05, 0.1) is 11.7 Å². The molecule has 33 heavy (non-hydrogen) atoms. The zero-order valence-electron chi connectivity index (χ0n) is 18.1. The van der Waals surface area contributed by atoms with Crippen molar-refractivity contribution in [2.75, 3.05) is 31.2 Å². The van der Waals surface area contributed by atoms with Crippen molar-refractivity contribution in [3.8, 4) is 11.1 Å². The molecule has 3 atom stereocenters. The fourth-order valence-electron chi connectivity index (χ4n) is 5.39. The van der Waals surface area contributed by atoms with Gasteiger partial charge in [0, 0.05) is 30.8 Å². The van der Waals surface area contributed by atoms with Crippen molar-refractivity contribution in [3.63, 3.8) is 0 Å². The van der Waals surface area contributed by atoms with Crippen LogP contribution in [0.1, 0.15) is 23.5 Å². The van der Waals surface area contributed by atoms with E-state index in [2.05, 4.69) is 29.6 Å². The van der Waals surface area contributed by atoms with E-state index in [1.807, 2.05) is 24.3 Å². The Bertz CT molecular complexity index is 1040. The lowest BCUT2D eigenvalue weighted by Crippen LogP contribution is -2.45. The monoisotopic (exact) mass is 466 g/mol. The van der Waals surface area contributed by atoms with Gasteiger partial charge in [0.15, 0.2) is 0 Å². The van der Waals surface area contributed by atoms with Crippen LogP contribution in [0, 0.1) is 11.8 Å². The summed E-state index contributed by atoms with van der Waals surface area (Å²) in [5.41, 5.74) is 4.72. The first-order valence-electron chi connectivity index (χ1n) is 11.2. The minimum Gasteiger partial charge on any atom is -0.481 e. The molecular formula is C25H26N2O5S. The number of alkyl carbamates (subject to hydrolysis) is 1. The molecule has 1 saturated carbocycles. The fourth-order valence-corrected chi connectivity index (χ4v) is 6.12. The molecule has 2 aliphatic carbocycles. The van der Waals surface area contributed by atoms with Crippen LogP contribution in [0.15, 0.2) is 48.5 Å². The zero-order valence-corrected chi connectivity index (χ0v) is 18.9. The Morgan fingerprint density at radius 3 is 2.36 bits per heavy atom. The largest absolute Gasteiger partial charge is 0.481 e. The summed E-state index contributed by atoms with van der Waals surface area (Å²) in [7, 11) is 0. The van der Waals surface area contributed by atoms with E-state index in [9.17, 15) is 19.5 Å². The third-order valence-corrected chi connectivity index (χ3v) is 7.93. The minimum absolute atomic E-state index is 0.0163. The Balaban J connectivity index is 1.03. The van der Waals surface area contributed by atoms with Crippen molar-refractivity contribution < 1.29 is 24.2 Å². The number of carboxylic acids is 1. The number of fused-ring (bicyclic) bond motifs is 4. The third kappa shape index (κ3) is 4.08. The van der Waals surface area contributed by atoms with Gasteiger partial charge in [0.25, 0.3) is 0 Å². The van der Waals surface area contributed by atoms with E-state index in [-0.39, 0.29) is 30.4 Å². The number of nitrogens with one attached hydrogen (secondary N) is 1. The van der Waals surface area contributed by atoms with Crippen molar-refractivity contribution in [3.05, 3.63) is 59.7 Å². The molecule has 2 amide bonds. The van der Waals surface area contributed by atoms with Crippen LogP contribution >= 0.6 is 11.8 Å². The first-order chi connectivity index (χ1) is 16.0. The number of aliphatic carboxylic acids is 1. The SMILES string of the molecule is O=C(NCCSCC(=O)N1CC2CC1C2C(=O)O)OCC1c2ccccc2-c2ccccc21. The van der Waals surface area contributed by atoms with Crippen LogP contribution in [0.2, 0.25) is 0 Å². The maximum atomic E-state index is 12.4. The summed E-state index contributed by atoms with van der Waals surface area (Å²) >= 11 is 1.44. The molecule has 8 heteroatoms. The molecule has 2 saturated heterocycles. The van der Waals surface area contributed by atoms with Gasteiger partial charge in [-0.15, -0.1) is 0 Å². The summed E-state index contributed by atoms with van der Waals surface area (Å²) in [5.74, 6) is -0.200. The first-order valence-corrected chi connectivity index (χ1v) is 12.4. The van der Waals surface area contributed by atoms with Crippen molar-refractivity contribution in [1.29, 1.82) is 0 Å². The second kappa shape index (κ2) is 9.09. The number of carboxylic acid groups (broad SMARTS) is 1. The van der Waals surface area contributed by atoms with Crippen LogP contribution in [0.3, 0.4) is 0 Å². The lowest BCUT2D eigenvalue weighted by atomic mass is 9.74. The summed E-state index contributed by atoms with van der Waals surface area (Å²) in [6, 6.07) is 16.3. The molecule has 3 unspecified atom stereocenters. The Morgan fingerprint density at radius 2 is 1.73 bits per heavy atom. The van der Waals surface area contributed by atoms with Gasteiger partial charge in [-0.3, -0.25) is 9.59 Å². The van der Waals surface area contributed by atoms with Crippen molar-refractivity contribution in [1.82, 2.24) is 10.2 Å². The maximum Gasteiger partial charge on any atom is 0.407 e. The predicted molar refractivity (Wildman–Crippen MR) is 125 cm³/mol. The van der Waals surface area contributed by atoms with E-state index in [1.165, 1.54) is 34.0 Å². The molecule has 2 aromatic carbocycles. The van der Waals surface area contributed by atoms with Gasteiger partial charge in [-0.2, -0.15) is 11.8 Å². The number of rotatable bonds is 8. The first kappa shape index (κ1) is 21.8. The van der Waals surface area contributed by atoms with Crippen molar-refractivity contribution in [2.45, 2.75) is 18.4 Å². The van der Waals surface area contributed by atoms with Gasteiger partial charge in [-0.1, -0.05) is 48.5 Å². The number of nitrogens with zero attached hydrogens (tertiary/aromatic N) is 1. The Labute approximate surface area is 196 Å². The van der Waals surface area contributed by atoms with Gasteiger partial charge in [0.2, 0.25) is 5.91 Å². The normalized spacial score (nSPS) is 22.3. The molecule has 2 aliphatic heterocycles. The molecule has 172 valence electrons. The van der Waals surface area contributed by atoms with Crippen molar-refractivity contribution in [2.24, 2.45) is 11.8 Å². The summed E-state index contributed by atoms with van der Waals surface area (Å²) in [5, 5.41) is 12.0. The van der Waals surface area contributed by atoms with Crippen LogP contribution < -0.4 is 5.32 Å². The van der Waals surface area contributed by atoms with Crippen LogP contribution in [-0.2, 0) is 14.3 Å². The third-order valence-electron chi connectivity index (χ3n) is 6.99. The lowest BCUT2D eigenvalue weighted by molar-refractivity contribution is -0.148. The number of carbonyl (C=O) groups is 3. The second-order valence-electron chi connectivity index (χ2n) is 8.78. The number of hydrogen-bond donors (Lipinski definition) is 2. The average Bonchev–Trinajstić information content (AvgIpc) is 3.48. The molecule has 2 heterocycles.